The zero-order valence-electron chi connectivity index (χ0n) is 19.4. The van der Waals surface area contributed by atoms with E-state index in [9.17, 15) is 22.4 Å². The SMILES string of the molecule is C=CC(=O)Nc1cc2nc(N3CCCC(F)C3)n(C)c2cc1CC.Nc1ncc(C(F)(F)F)cn1. The Morgan fingerprint density at radius 1 is 1.31 bits per heavy atom. The Bertz CT molecular complexity index is 1190. The summed E-state index contributed by atoms with van der Waals surface area (Å²) in [6.45, 7) is 6.73. The van der Waals surface area contributed by atoms with E-state index in [1.54, 1.807) is 0 Å². The van der Waals surface area contributed by atoms with Crippen molar-refractivity contribution in [1.29, 1.82) is 0 Å². The van der Waals surface area contributed by atoms with Crippen LogP contribution >= 0.6 is 0 Å². The Morgan fingerprint density at radius 2 is 2.00 bits per heavy atom. The normalized spacial score (nSPS) is 15.9. The topological polar surface area (TPSA) is 102 Å². The number of halogens is 4. The zero-order valence-corrected chi connectivity index (χ0v) is 19.4. The molecule has 8 nitrogen and oxygen atoms in total. The van der Waals surface area contributed by atoms with Crippen LogP contribution in [0.15, 0.2) is 37.2 Å². The van der Waals surface area contributed by atoms with Gasteiger partial charge in [0.05, 0.1) is 23.1 Å². The number of fused-ring (bicyclic) bond motifs is 1. The van der Waals surface area contributed by atoms with Gasteiger partial charge in [-0.15, -0.1) is 0 Å². The number of hydrogen-bond acceptors (Lipinski definition) is 6. The highest BCUT2D eigenvalue weighted by molar-refractivity contribution is 6.01. The van der Waals surface area contributed by atoms with Crippen LogP contribution in [0.4, 0.5) is 35.1 Å². The van der Waals surface area contributed by atoms with Gasteiger partial charge in [0, 0.05) is 31.7 Å². The lowest BCUT2D eigenvalue weighted by molar-refractivity contribution is -0.138. The molecule has 3 N–H and O–H groups in total. The Hall–Kier alpha value is -3.70. The van der Waals surface area contributed by atoms with Gasteiger partial charge in [-0.1, -0.05) is 13.5 Å². The molecule has 1 aromatic carbocycles. The second-order valence-corrected chi connectivity index (χ2v) is 8.03. The lowest BCUT2D eigenvalue weighted by Gasteiger charge is -2.29. The molecule has 1 atom stereocenters. The van der Waals surface area contributed by atoms with Crippen molar-refractivity contribution < 1.29 is 22.4 Å². The van der Waals surface area contributed by atoms with Crippen molar-refractivity contribution in [2.45, 2.75) is 38.5 Å². The van der Waals surface area contributed by atoms with Gasteiger partial charge in [0.15, 0.2) is 0 Å². The molecule has 1 amide bonds. The maximum Gasteiger partial charge on any atom is 0.419 e. The Balaban J connectivity index is 0.000000261. The van der Waals surface area contributed by atoms with Crippen LogP contribution in [-0.2, 0) is 24.4 Å². The van der Waals surface area contributed by atoms with Crippen LogP contribution in [0.2, 0.25) is 0 Å². The summed E-state index contributed by atoms with van der Waals surface area (Å²) < 4.78 is 51.1. The maximum absolute atomic E-state index is 13.7. The minimum absolute atomic E-state index is 0.169. The van der Waals surface area contributed by atoms with E-state index >= 15 is 0 Å². The van der Waals surface area contributed by atoms with Crippen molar-refractivity contribution in [3.63, 3.8) is 0 Å². The molecule has 12 heteroatoms. The highest BCUT2D eigenvalue weighted by Gasteiger charge is 2.31. The minimum atomic E-state index is -4.40. The highest BCUT2D eigenvalue weighted by Crippen LogP contribution is 2.30. The number of nitrogens with two attached hydrogens (primary N) is 1. The molecule has 4 rings (SSSR count). The van der Waals surface area contributed by atoms with E-state index in [0.29, 0.717) is 25.4 Å². The van der Waals surface area contributed by atoms with Gasteiger partial charge >= 0.3 is 6.18 Å². The second-order valence-electron chi connectivity index (χ2n) is 8.03. The molecule has 0 spiro atoms. The third kappa shape index (κ3) is 6.25. The fraction of sp³-hybridized carbons (Fsp3) is 0.391. The predicted molar refractivity (Wildman–Crippen MR) is 127 cm³/mol. The summed E-state index contributed by atoms with van der Waals surface area (Å²) in [5.74, 6) is 0.371. The first-order valence-corrected chi connectivity index (χ1v) is 11.0. The number of carbonyl (C=O) groups excluding carboxylic acids is 1. The molecule has 0 saturated carbocycles. The van der Waals surface area contributed by atoms with Gasteiger partial charge in [-0.2, -0.15) is 13.2 Å². The standard InChI is InChI=1S/C18H23FN4O.C5H4F3N3/c1-4-12-9-16-15(10-14(12)20-17(24)5-2)21-18(22(16)3)23-8-6-7-13(19)11-23;6-5(7,8)3-1-10-4(9)11-2-3/h5,9-10,13H,2,4,6-8,11H2,1,3H3,(H,20,24);1-2H,(H2,9,10,11). The van der Waals surface area contributed by atoms with Gasteiger partial charge in [-0.05, 0) is 43.0 Å². The average molecular weight is 494 g/mol. The Labute approximate surface area is 199 Å². The summed E-state index contributed by atoms with van der Waals surface area (Å²) in [5.41, 5.74) is 7.65. The fourth-order valence-electron chi connectivity index (χ4n) is 3.74. The largest absolute Gasteiger partial charge is 0.419 e. The number of nitrogen functional groups attached to an aromatic ring is 1. The summed E-state index contributed by atoms with van der Waals surface area (Å²) in [6.07, 6.45) is -0.406. The molecule has 0 aliphatic carbocycles. The van der Waals surface area contributed by atoms with Crippen molar-refractivity contribution in [2.24, 2.45) is 7.05 Å². The Kier molecular flexibility index (Phi) is 7.92. The number of imidazole rings is 1. The minimum Gasteiger partial charge on any atom is -0.368 e. The predicted octanol–water partition coefficient (Wildman–Crippen LogP) is 4.28. The molecule has 35 heavy (non-hydrogen) atoms. The molecule has 0 bridgehead atoms. The summed E-state index contributed by atoms with van der Waals surface area (Å²) in [6, 6.07) is 3.93. The number of alkyl halides is 4. The lowest BCUT2D eigenvalue weighted by Crippen LogP contribution is -2.37. The first kappa shape index (κ1) is 25.9. The third-order valence-corrected chi connectivity index (χ3v) is 5.55. The van der Waals surface area contributed by atoms with E-state index in [1.165, 1.54) is 6.08 Å². The quantitative estimate of drug-likeness (QED) is 0.416. The second kappa shape index (κ2) is 10.7. The Morgan fingerprint density at radius 3 is 2.57 bits per heavy atom. The number of aryl methyl sites for hydroxylation is 2. The number of piperidine rings is 1. The van der Waals surface area contributed by atoms with Crippen LogP contribution in [0.1, 0.15) is 30.9 Å². The molecule has 0 radical (unpaired) electrons. The molecule has 3 heterocycles. The molecule has 2 aromatic heterocycles. The molecule has 1 aliphatic heterocycles. The van der Waals surface area contributed by atoms with Gasteiger partial charge in [0.25, 0.3) is 0 Å². The number of benzene rings is 1. The number of amides is 1. The molecular weight excluding hydrogens is 466 g/mol. The number of anilines is 3. The van der Waals surface area contributed by atoms with Crippen LogP contribution in [0.3, 0.4) is 0 Å². The number of carbonyl (C=O) groups is 1. The fourth-order valence-corrected chi connectivity index (χ4v) is 3.74. The first-order chi connectivity index (χ1) is 16.5. The summed E-state index contributed by atoms with van der Waals surface area (Å²) in [7, 11) is 1.95. The molecule has 1 aliphatic rings. The van der Waals surface area contributed by atoms with Gasteiger partial charge in [-0.25, -0.2) is 19.3 Å². The van der Waals surface area contributed by atoms with Crippen molar-refractivity contribution in [1.82, 2.24) is 19.5 Å². The van der Waals surface area contributed by atoms with E-state index in [1.807, 2.05) is 35.6 Å². The molecule has 3 aromatic rings. The molecule has 1 unspecified atom stereocenters. The van der Waals surface area contributed by atoms with Gasteiger partial charge in [-0.3, -0.25) is 4.79 Å². The number of rotatable bonds is 4. The summed E-state index contributed by atoms with van der Waals surface area (Å²) in [5, 5.41) is 2.84. The van der Waals surface area contributed by atoms with Crippen LogP contribution in [0.5, 0.6) is 0 Å². The van der Waals surface area contributed by atoms with Crippen molar-refractivity contribution in [3.05, 3.63) is 48.3 Å². The average Bonchev–Trinajstić information content (AvgIpc) is 3.14. The van der Waals surface area contributed by atoms with Crippen LogP contribution in [0, 0.1) is 0 Å². The monoisotopic (exact) mass is 493 g/mol. The smallest absolute Gasteiger partial charge is 0.368 e. The summed E-state index contributed by atoms with van der Waals surface area (Å²) >= 11 is 0. The number of nitrogens with one attached hydrogen (secondary N) is 1. The van der Waals surface area contributed by atoms with Crippen LogP contribution < -0.4 is 16.0 Å². The van der Waals surface area contributed by atoms with Gasteiger partial charge in [0.2, 0.25) is 17.8 Å². The molecular formula is C23H27F4N7O. The van der Waals surface area contributed by atoms with E-state index in [0.717, 1.165) is 47.6 Å². The van der Waals surface area contributed by atoms with Crippen molar-refractivity contribution >= 4 is 34.5 Å². The summed E-state index contributed by atoms with van der Waals surface area (Å²) in [4.78, 5) is 24.7. The van der Waals surface area contributed by atoms with E-state index < -0.39 is 17.9 Å². The first-order valence-electron chi connectivity index (χ1n) is 11.0. The third-order valence-electron chi connectivity index (χ3n) is 5.55. The van der Waals surface area contributed by atoms with Gasteiger partial charge < -0.3 is 20.5 Å². The lowest BCUT2D eigenvalue weighted by atomic mass is 10.1. The number of hydrogen-bond donors (Lipinski definition) is 2. The van der Waals surface area contributed by atoms with E-state index in [-0.39, 0.29) is 11.9 Å². The van der Waals surface area contributed by atoms with Crippen LogP contribution in [0.25, 0.3) is 11.0 Å². The van der Waals surface area contributed by atoms with Crippen molar-refractivity contribution in [3.8, 4) is 0 Å². The molecule has 188 valence electrons. The van der Waals surface area contributed by atoms with E-state index in [4.69, 9.17) is 5.73 Å². The maximum atomic E-state index is 13.7. The molecule has 1 fully saturated rings. The highest BCUT2D eigenvalue weighted by atomic mass is 19.4. The van der Waals surface area contributed by atoms with Crippen molar-refractivity contribution in [2.75, 3.05) is 29.0 Å². The van der Waals surface area contributed by atoms with E-state index in [2.05, 4.69) is 26.8 Å². The molecule has 1 saturated heterocycles. The van der Waals surface area contributed by atoms with Gasteiger partial charge in [0.1, 0.15) is 6.17 Å². The van der Waals surface area contributed by atoms with Crippen LogP contribution in [-0.4, -0.2) is 44.7 Å². The number of nitrogens with zero attached hydrogens (tertiary/aromatic N) is 5. The zero-order chi connectivity index (χ0) is 25.8. The number of aromatic nitrogens is 4.